The zero-order valence-corrected chi connectivity index (χ0v) is 15.5. The molecule has 1 heterocycles. The van der Waals surface area contributed by atoms with E-state index < -0.39 is 0 Å². The molecule has 0 bridgehead atoms. The molecular formula is C17H26N6O2. The number of guanidine groups is 1. The highest BCUT2D eigenvalue weighted by atomic mass is 16.5. The van der Waals surface area contributed by atoms with E-state index in [0.29, 0.717) is 13.1 Å². The average molecular weight is 346 g/mol. The van der Waals surface area contributed by atoms with E-state index in [1.54, 1.807) is 18.9 Å². The van der Waals surface area contributed by atoms with Gasteiger partial charge in [0.1, 0.15) is 30.2 Å². The van der Waals surface area contributed by atoms with E-state index in [2.05, 4.69) is 20.4 Å². The van der Waals surface area contributed by atoms with Crippen molar-refractivity contribution < 1.29 is 9.47 Å². The van der Waals surface area contributed by atoms with Crippen molar-refractivity contribution in [3.8, 4) is 11.5 Å². The average Bonchev–Trinajstić information content (AvgIpc) is 3.03. The fourth-order valence-corrected chi connectivity index (χ4v) is 2.39. The number of ether oxygens (including phenoxy) is 2. The first-order valence-electron chi connectivity index (χ1n) is 8.12. The molecule has 2 aromatic rings. The molecule has 0 aliphatic heterocycles. The molecule has 0 radical (unpaired) electrons. The zero-order valence-electron chi connectivity index (χ0n) is 15.5. The van der Waals surface area contributed by atoms with Crippen molar-refractivity contribution in [3.05, 3.63) is 35.9 Å². The molecule has 1 N–H and O–H groups in total. The van der Waals surface area contributed by atoms with Crippen molar-refractivity contribution in [2.24, 2.45) is 12.0 Å². The first-order chi connectivity index (χ1) is 12.1. The first-order valence-corrected chi connectivity index (χ1v) is 8.12. The highest BCUT2D eigenvalue weighted by Crippen LogP contribution is 2.25. The second-order valence-corrected chi connectivity index (χ2v) is 5.50. The van der Waals surface area contributed by atoms with Crippen molar-refractivity contribution in [1.82, 2.24) is 25.0 Å². The zero-order chi connectivity index (χ0) is 18.2. The third kappa shape index (κ3) is 4.85. The Kier molecular flexibility index (Phi) is 6.62. The normalized spacial score (nSPS) is 11.3. The molecule has 1 aromatic heterocycles. The number of nitrogens with one attached hydrogen (secondary N) is 1. The molecule has 0 fully saturated rings. The molecule has 0 saturated carbocycles. The van der Waals surface area contributed by atoms with Crippen molar-refractivity contribution in [2.45, 2.75) is 20.0 Å². The highest BCUT2D eigenvalue weighted by Gasteiger charge is 2.12. The molecule has 0 saturated heterocycles. The molecule has 136 valence electrons. The third-order valence-electron chi connectivity index (χ3n) is 3.77. The van der Waals surface area contributed by atoms with Gasteiger partial charge < -0.3 is 19.7 Å². The molecule has 0 aliphatic rings. The van der Waals surface area contributed by atoms with Crippen LogP contribution in [-0.2, 0) is 20.1 Å². The van der Waals surface area contributed by atoms with Crippen LogP contribution < -0.4 is 14.8 Å². The van der Waals surface area contributed by atoms with Crippen LogP contribution in [-0.4, -0.2) is 53.4 Å². The third-order valence-corrected chi connectivity index (χ3v) is 3.77. The van der Waals surface area contributed by atoms with Gasteiger partial charge >= 0.3 is 0 Å². The van der Waals surface area contributed by atoms with Crippen LogP contribution in [0.15, 0.2) is 29.5 Å². The molecule has 8 nitrogen and oxygen atoms in total. The number of hydrogen-bond donors (Lipinski definition) is 1. The maximum Gasteiger partial charge on any atom is 0.194 e. The van der Waals surface area contributed by atoms with Crippen LogP contribution >= 0.6 is 0 Å². The van der Waals surface area contributed by atoms with Gasteiger partial charge in [-0.15, -0.1) is 0 Å². The largest absolute Gasteiger partial charge is 0.497 e. The lowest BCUT2D eigenvalue weighted by molar-refractivity contribution is 0.382. The van der Waals surface area contributed by atoms with Crippen LogP contribution in [0.2, 0.25) is 0 Å². The number of methoxy groups -OCH3 is 2. The van der Waals surface area contributed by atoms with Crippen molar-refractivity contribution >= 4 is 5.96 Å². The molecule has 2 rings (SSSR count). The fraction of sp³-hybridized carbons (Fsp3) is 0.471. The molecule has 1 aromatic carbocycles. The predicted octanol–water partition coefficient (Wildman–Crippen LogP) is 1.43. The minimum absolute atomic E-state index is 0.461. The number of aromatic nitrogens is 3. The topological polar surface area (TPSA) is 76.8 Å². The quantitative estimate of drug-likeness (QED) is 0.604. The molecule has 0 amide bonds. The summed E-state index contributed by atoms with van der Waals surface area (Å²) in [5, 5.41) is 7.36. The molecule has 0 atom stereocenters. The molecule has 8 heteroatoms. The summed E-state index contributed by atoms with van der Waals surface area (Å²) in [6, 6.07) is 5.81. The fourth-order valence-electron chi connectivity index (χ4n) is 2.39. The maximum absolute atomic E-state index is 5.47. The molecule has 0 unspecified atom stereocenters. The summed E-state index contributed by atoms with van der Waals surface area (Å²) in [5.41, 5.74) is 1.05. The highest BCUT2D eigenvalue weighted by molar-refractivity contribution is 5.79. The number of rotatable bonds is 7. The Labute approximate surface area is 148 Å². The van der Waals surface area contributed by atoms with Crippen LogP contribution in [0, 0.1) is 0 Å². The van der Waals surface area contributed by atoms with E-state index in [-0.39, 0.29) is 0 Å². The van der Waals surface area contributed by atoms with E-state index >= 15 is 0 Å². The first kappa shape index (κ1) is 18.6. The molecular weight excluding hydrogens is 320 g/mol. The van der Waals surface area contributed by atoms with Gasteiger partial charge in [0.05, 0.1) is 14.2 Å². The Bertz CT molecular complexity index is 713. The van der Waals surface area contributed by atoms with Crippen LogP contribution in [0.5, 0.6) is 11.5 Å². The summed E-state index contributed by atoms with van der Waals surface area (Å²) in [4.78, 5) is 10.9. The Balaban J connectivity index is 2.14. The monoisotopic (exact) mass is 346 g/mol. The van der Waals surface area contributed by atoms with E-state index in [1.807, 2.05) is 44.1 Å². The van der Waals surface area contributed by atoms with Gasteiger partial charge in [-0.05, 0) is 19.1 Å². The summed E-state index contributed by atoms with van der Waals surface area (Å²) in [6.07, 6.45) is 1.53. The smallest absolute Gasteiger partial charge is 0.194 e. The Morgan fingerprint density at radius 1 is 1.32 bits per heavy atom. The number of nitrogens with zero attached hydrogens (tertiary/aromatic N) is 5. The van der Waals surface area contributed by atoms with Gasteiger partial charge in [-0.1, -0.05) is 0 Å². The number of aliphatic imine (C=N–C) groups is 1. The van der Waals surface area contributed by atoms with Gasteiger partial charge in [0, 0.05) is 38.8 Å². The van der Waals surface area contributed by atoms with Crippen molar-refractivity contribution in [1.29, 1.82) is 0 Å². The minimum atomic E-state index is 0.461. The van der Waals surface area contributed by atoms with E-state index in [1.165, 1.54) is 6.33 Å². The standard InChI is InChI=1S/C17H26N6O2/c1-6-18-17(19-10-16-20-12-21-23(16)3)22(2)11-13-7-8-14(24-4)9-15(13)25-5/h7-9,12H,6,10-11H2,1-5H3,(H,18,19). The maximum atomic E-state index is 5.47. The molecule has 0 aliphatic carbocycles. The van der Waals surface area contributed by atoms with Gasteiger partial charge in [-0.3, -0.25) is 4.68 Å². The summed E-state index contributed by atoms with van der Waals surface area (Å²) in [6.45, 7) is 3.93. The minimum Gasteiger partial charge on any atom is -0.497 e. The van der Waals surface area contributed by atoms with Crippen LogP contribution in [0.1, 0.15) is 18.3 Å². The second-order valence-electron chi connectivity index (χ2n) is 5.50. The lowest BCUT2D eigenvalue weighted by Crippen LogP contribution is -2.38. The van der Waals surface area contributed by atoms with Gasteiger partial charge in [-0.25, -0.2) is 9.98 Å². The van der Waals surface area contributed by atoms with Crippen LogP contribution in [0.3, 0.4) is 0 Å². The van der Waals surface area contributed by atoms with Crippen LogP contribution in [0.4, 0.5) is 0 Å². The number of hydrogen-bond acceptors (Lipinski definition) is 5. The van der Waals surface area contributed by atoms with Crippen molar-refractivity contribution in [3.63, 3.8) is 0 Å². The van der Waals surface area contributed by atoms with Gasteiger partial charge in [0.15, 0.2) is 5.96 Å². The van der Waals surface area contributed by atoms with Gasteiger partial charge in [-0.2, -0.15) is 5.10 Å². The SMILES string of the molecule is CCNC(=NCc1ncnn1C)N(C)Cc1ccc(OC)cc1OC. The predicted molar refractivity (Wildman–Crippen MR) is 96.8 cm³/mol. The van der Waals surface area contributed by atoms with Gasteiger partial charge in [0.2, 0.25) is 0 Å². The molecule has 25 heavy (non-hydrogen) atoms. The van der Waals surface area contributed by atoms with E-state index in [9.17, 15) is 0 Å². The van der Waals surface area contributed by atoms with E-state index in [0.717, 1.165) is 35.4 Å². The number of aryl methyl sites for hydroxylation is 1. The lowest BCUT2D eigenvalue weighted by Gasteiger charge is -2.23. The Morgan fingerprint density at radius 3 is 2.72 bits per heavy atom. The molecule has 0 spiro atoms. The lowest BCUT2D eigenvalue weighted by atomic mass is 10.2. The summed E-state index contributed by atoms with van der Waals surface area (Å²) in [5.74, 6) is 3.16. The van der Waals surface area contributed by atoms with Crippen LogP contribution in [0.25, 0.3) is 0 Å². The number of benzene rings is 1. The summed E-state index contributed by atoms with van der Waals surface area (Å²) >= 11 is 0. The Hall–Kier alpha value is -2.77. The summed E-state index contributed by atoms with van der Waals surface area (Å²) in [7, 11) is 7.15. The second kappa shape index (κ2) is 8.91. The van der Waals surface area contributed by atoms with Gasteiger partial charge in [0.25, 0.3) is 0 Å². The van der Waals surface area contributed by atoms with E-state index in [4.69, 9.17) is 9.47 Å². The summed E-state index contributed by atoms with van der Waals surface area (Å²) < 4.78 is 12.4. The Morgan fingerprint density at radius 2 is 2.12 bits per heavy atom. The van der Waals surface area contributed by atoms with Crippen molar-refractivity contribution in [2.75, 3.05) is 27.8 Å².